The van der Waals surface area contributed by atoms with E-state index in [2.05, 4.69) is 16.0 Å². The van der Waals surface area contributed by atoms with Gasteiger partial charge < -0.3 is 19.5 Å². The number of benzene rings is 1. The molecule has 2 aromatic rings. The van der Waals surface area contributed by atoms with Crippen LogP contribution >= 0.6 is 11.6 Å². The number of carbonyl (C=O) groups excluding carboxylic acids is 1. The van der Waals surface area contributed by atoms with Gasteiger partial charge in [-0.1, -0.05) is 17.7 Å². The largest absolute Gasteiger partial charge is 0.490 e. The summed E-state index contributed by atoms with van der Waals surface area (Å²) in [7, 11) is 0. The minimum Gasteiger partial charge on any atom is -0.490 e. The van der Waals surface area contributed by atoms with Gasteiger partial charge in [0.15, 0.2) is 0 Å². The first-order valence-electron chi connectivity index (χ1n) is 12.4. The van der Waals surface area contributed by atoms with Gasteiger partial charge in [-0.25, -0.2) is 0 Å². The summed E-state index contributed by atoms with van der Waals surface area (Å²) in [5, 5.41) is 10.6. The number of piperidine rings is 1. The van der Waals surface area contributed by atoms with Crippen LogP contribution in [0.5, 0.6) is 5.75 Å². The molecule has 4 rings (SSSR count). The van der Waals surface area contributed by atoms with Gasteiger partial charge in [-0.15, -0.1) is 0 Å². The lowest BCUT2D eigenvalue weighted by molar-refractivity contribution is -0.158. The second kappa shape index (κ2) is 11.2. The molecule has 0 bridgehead atoms. The maximum absolute atomic E-state index is 13.3. The van der Waals surface area contributed by atoms with Crippen molar-refractivity contribution < 1.29 is 19.4 Å². The van der Waals surface area contributed by atoms with Crippen molar-refractivity contribution in [3.05, 3.63) is 57.9 Å². The highest BCUT2D eigenvalue weighted by atomic mass is 35.5. The number of likely N-dealkylation sites (tertiary alicyclic amines) is 1. The van der Waals surface area contributed by atoms with Gasteiger partial charge in [0.2, 0.25) is 5.91 Å². The first kappa shape index (κ1) is 25.9. The average molecular weight is 502 g/mol. The van der Waals surface area contributed by atoms with Gasteiger partial charge in [-0.3, -0.25) is 14.7 Å². The molecule has 2 fully saturated rings. The van der Waals surface area contributed by atoms with Gasteiger partial charge in [-0.2, -0.15) is 0 Å². The van der Waals surface area contributed by atoms with Gasteiger partial charge in [0, 0.05) is 50.1 Å². The number of amides is 1. The third kappa shape index (κ3) is 6.73. The van der Waals surface area contributed by atoms with Crippen molar-refractivity contribution >= 4 is 17.5 Å². The number of ether oxygens (including phenoxy) is 2. The molecule has 1 amide bonds. The molecule has 3 heterocycles. The molecule has 7 nitrogen and oxygen atoms in total. The first-order chi connectivity index (χ1) is 16.7. The van der Waals surface area contributed by atoms with E-state index in [0.717, 1.165) is 46.1 Å². The molecule has 0 aliphatic carbocycles. The van der Waals surface area contributed by atoms with E-state index in [4.69, 9.17) is 21.1 Å². The van der Waals surface area contributed by atoms with Crippen molar-refractivity contribution in [2.45, 2.75) is 58.3 Å². The Kier molecular flexibility index (Phi) is 8.32. The monoisotopic (exact) mass is 501 g/mol. The standard InChI is InChI=1S/C27H36ClN3O4/c1-19-10-22(15-29-14-19)16-30-8-9-35-27(17-30,13-25(33)31-6-4-23(32)5-7-31)18-34-24-11-20(2)26(28)21(3)12-24/h10-12,14-15,23,32H,4-9,13,16-18H2,1-3H3. The normalized spacial score (nSPS) is 21.8. The molecular weight excluding hydrogens is 466 g/mol. The second-order valence-corrected chi connectivity index (χ2v) is 10.4. The SMILES string of the molecule is Cc1cncc(CN2CCOC(COc3cc(C)c(Cl)c(C)c3)(CC(=O)N3CCC(O)CC3)C2)c1. The predicted octanol–water partition coefficient (Wildman–Crippen LogP) is 3.68. The summed E-state index contributed by atoms with van der Waals surface area (Å²) in [6.07, 6.45) is 4.89. The third-order valence-corrected chi connectivity index (χ3v) is 7.46. The summed E-state index contributed by atoms with van der Waals surface area (Å²) in [6, 6.07) is 6.00. The fourth-order valence-corrected chi connectivity index (χ4v) is 5.08. The van der Waals surface area contributed by atoms with E-state index in [-0.39, 0.29) is 25.0 Å². The highest BCUT2D eigenvalue weighted by Crippen LogP contribution is 2.30. The molecular formula is C27H36ClN3O4. The van der Waals surface area contributed by atoms with Crippen LogP contribution in [0, 0.1) is 20.8 Å². The number of rotatable bonds is 7. The maximum atomic E-state index is 13.3. The summed E-state index contributed by atoms with van der Waals surface area (Å²) in [4.78, 5) is 21.8. The highest BCUT2D eigenvalue weighted by molar-refractivity contribution is 6.32. The van der Waals surface area contributed by atoms with E-state index >= 15 is 0 Å². The molecule has 2 aliphatic rings. The van der Waals surface area contributed by atoms with Crippen LogP contribution in [0.4, 0.5) is 0 Å². The Bertz CT molecular complexity index is 1020. The number of hydrogen-bond acceptors (Lipinski definition) is 6. The van der Waals surface area contributed by atoms with Gasteiger partial charge in [0.05, 0.1) is 19.1 Å². The fraction of sp³-hybridized carbons (Fsp3) is 0.556. The summed E-state index contributed by atoms with van der Waals surface area (Å²) < 4.78 is 12.6. The number of aryl methyl sites for hydroxylation is 3. The molecule has 2 aliphatic heterocycles. The molecule has 35 heavy (non-hydrogen) atoms. The Labute approximate surface area is 213 Å². The lowest BCUT2D eigenvalue weighted by Crippen LogP contribution is -2.57. The van der Waals surface area contributed by atoms with Crippen LogP contribution in [-0.4, -0.2) is 76.9 Å². The van der Waals surface area contributed by atoms with Crippen molar-refractivity contribution in [1.29, 1.82) is 0 Å². The highest BCUT2D eigenvalue weighted by Gasteiger charge is 2.41. The number of pyridine rings is 1. The maximum Gasteiger partial charge on any atom is 0.225 e. The predicted molar refractivity (Wildman–Crippen MR) is 136 cm³/mol. The Balaban J connectivity index is 1.51. The molecule has 0 saturated carbocycles. The zero-order valence-electron chi connectivity index (χ0n) is 20.9. The number of aliphatic hydroxyl groups is 1. The zero-order chi connectivity index (χ0) is 25.0. The lowest BCUT2D eigenvalue weighted by Gasteiger charge is -2.43. The first-order valence-corrected chi connectivity index (χ1v) is 12.7. The van der Waals surface area contributed by atoms with Crippen LogP contribution in [-0.2, 0) is 16.1 Å². The van der Waals surface area contributed by atoms with Crippen molar-refractivity contribution in [2.24, 2.45) is 0 Å². The van der Waals surface area contributed by atoms with Crippen molar-refractivity contribution in [3.8, 4) is 5.75 Å². The fourth-order valence-electron chi connectivity index (χ4n) is 4.97. The van der Waals surface area contributed by atoms with E-state index in [0.29, 0.717) is 39.1 Å². The number of aromatic nitrogens is 1. The lowest BCUT2D eigenvalue weighted by atomic mass is 9.95. The Morgan fingerprint density at radius 3 is 2.57 bits per heavy atom. The number of morpholine rings is 1. The number of aliphatic hydroxyl groups excluding tert-OH is 1. The quantitative estimate of drug-likeness (QED) is 0.623. The molecule has 1 aromatic heterocycles. The molecule has 0 radical (unpaired) electrons. The van der Waals surface area contributed by atoms with Crippen LogP contribution in [0.15, 0.2) is 30.6 Å². The van der Waals surface area contributed by atoms with E-state index < -0.39 is 5.60 Å². The molecule has 1 N–H and O–H groups in total. The van der Waals surface area contributed by atoms with Crippen LogP contribution in [0.2, 0.25) is 5.02 Å². The van der Waals surface area contributed by atoms with Gasteiger partial charge in [-0.05, 0) is 68.0 Å². The molecule has 2 saturated heterocycles. The minimum atomic E-state index is -0.774. The summed E-state index contributed by atoms with van der Waals surface area (Å²) >= 11 is 6.34. The Morgan fingerprint density at radius 1 is 1.17 bits per heavy atom. The Morgan fingerprint density at radius 2 is 1.89 bits per heavy atom. The Hall–Kier alpha value is -2.19. The second-order valence-electron chi connectivity index (χ2n) is 10.1. The van der Waals surface area contributed by atoms with E-state index in [9.17, 15) is 9.90 Å². The number of hydrogen-bond donors (Lipinski definition) is 1. The van der Waals surface area contributed by atoms with Crippen molar-refractivity contribution in [1.82, 2.24) is 14.8 Å². The van der Waals surface area contributed by atoms with Crippen molar-refractivity contribution in [3.63, 3.8) is 0 Å². The average Bonchev–Trinajstić information content (AvgIpc) is 2.82. The van der Waals surface area contributed by atoms with Crippen LogP contribution in [0.25, 0.3) is 0 Å². The van der Waals surface area contributed by atoms with Crippen LogP contribution in [0.1, 0.15) is 41.5 Å². The number of nitrogens with zero attached hydrogens (tertiary/aromatic N) is 3. The summed E-state index contributed by atoms with van der Waals surface area (Å²) in [6.45, 7) is 9.99. The minimum absolute atomic E-state index is 0.0445. The molecule has 190 valence electrons. The summed E-state index contributed by atoms with van der Waals surface area (Å²) in [5.74, 6) is 0.768. The van der Waals surface area contributed by atoms with E-state index in [1.54, 1.807) is 0 Å². The van der Waals surface area contributed by atoms with Crippen LogP contribution in [0.3, 0.4) is 0 Å². The number of carbonyl (C=O) groups is 1. The molecule has 1 atom stereocenters. The molecule has 1 unspecified atom stereocenters. The van der Waals surface area contributed by atoms with Crippen LogP contribution < -0.4 is 4.74 Å². The smallest absolute Gasteiger partial charge is 0.225 e. The van der Waals surface area contributed by atoms with Gasteiger partial charge >= 0.3 is 0 Å². The third-order valence-electron chi connectivity index (χ3n) is 6.87. The summed E-state index contributed by atoms with van der Waals surface area (Å²) in [5.41, 5.74) is 3.40. The molecule has 0 spiro atoms. The van der Waals surface area contributed by atoms with Gasteiger partial charge in [0.25, 0.3) is 0 Å². The zero-order valence-corrected chi connectivity index (χ0v) is 21.7. The van der Waals surface area contributed by atoms with E-state index in [1.165, 1.54) is 0 Å². The number of halogens is 1. The topological polar surface area (TPSA) is 75.1 Å². The van der Waals surface area contributed by atoms with E-state index in [1.807, 2.05) is 50.2 Å². The molecule has 1 aromatic carbocycles. The molecule has 8 heteroatoms. The van der Waals surface area contributed by atoms with Gasteiger partial charge in [0.1, 0.15) is 18.0 Å². The van der Waals surface area contributed by atoms with Crippen molar-refractivity contribution in [2.75, 3.05) is 39.4 Å².